The molecule has 0 aliphatic rings. The van der Waals surface area contributed by atoms with Crippen LogP contribution < -0.4 is 5.73 Å². The van der Waals surface area contributed by atoms with Gasteiger partial charge in [-0.25, -0.2) is 4.99 Å². The second kappa shape index (κ2) is 7.42. The summed E-state index contributed by atoms with van der Waals surface area (Å²) < 4.78 is 4.83. The number of hydrogen-bond donors (Lipinski definition) is 1. The van der Waals surface area contributed by atoms with Crippen LogP contribution in [-0.4, -0.2) is 34.1 Å². The van der Waals surface area contributed by atoms with E-state index in [1.165, 1.54) is 0 Å². The average molecular weight is 339 g/mol. The van der Waals surface area contributed by atoms with E-state index in [1.54, 1.807) is 6.92 Å². The summed E-state index contributed by atoms with van der Waals surface area (Å²) in [5, 5.41) is 3.73. The Morgan fingerprint density at radius 3 is 2.50 bits per heavy atom. The van der Waals surface area contributed by atoms with Gasteiger partial charge in [0.15, 0.2) is 11.8 Å². The maximum absolute atomic E-state index is 5.78. The van der Waals surface area contributed by atoms with Gasteiger partial charge in [-0.2, -0.15) is 4.98 Å². The second-order valence-electron chi connectivity index (χ2n) is 3.08. The number of aliphatic imine (C=N–C) groups is 1. The number of guanidine groups is 1. The molecule has 0 radical (unpaired) electrons. The summed E-state index contributed by atoms with van der Waals surface area (Å²) in [7, 11) is 0. The van der Waals surface area contributed by atoms with E-state index in [0.29, 0.717) is 24.2 Å². The van der Waals surface area contributed by atoms with Gasteiger partial charge >= 0.3 is 0 Å². The van der Waals surface area contributed by atoms with Crippen molar-refractivity contribution in [3.05, 3.63) is 11.7 Å². The molecule has 0 atom stereocenters. The Morgan fingerprint density at radius 1 is 1.44 bits per heavy atom. The lowest BCUT2D eigenvalue weighted by Crippen LogP contribution is -2.37. The zero-order chi connectivity index (χ0) is 11.3. The number of hydrogen-bond acceptors (Lipinski definition) is 4. The Hall–Kier alpha value is -0.860. The van der Waals surface area contributed by atoms with E-state index in [1.807, 2.05) is 18.7 Å². The van der Waals surface area contributed by atoms with Crippen LogP contribution in [0.5, 0.6) is 0 Å². The lowest BCUT2D eigenvalue weighted by Gasteiger charge is -2.18. The summed E-state index contributed by atoms with van der Waals surface area (Å²) in [6.07, 6.45) is 0. The Morgan fingerprint density at radius 2 is 2.06 bits per heavy atom. The van der Waals surface area contributed by atoms with Gasteiger partial charge < -0.3 is 15.2 Å². The molecule has 1 rings (SSSR count). The first-order chi connectivity index (χ1) is 7.17. The summed E-state index contributed by atoms with van der Waals surface area (Å²) in [6, 6.07) is 0. The standard InChI is InChI=1S/C9H17N5O.HI/c1-4-14(5-2)9(10)11-6-8-12-7(3)15-13-8;/h4-6H2,1-3H3,(H2,10,11);1H. The molecule has 0 amide bonds. The molecule has 92 valence electrons. The Kier molecular flexibility index (Phi) is 7.02. The number of nitrogens with zero attached hydrogens (tertiary/aromatic N) is 4. The summed E-state index contributed by atoms with van der Waals surface area (Å²) >= 11 is 0. The van der Waals surface area contributed by atoms with Crippen molar-refractivity contribution in [2.45, 2.75) is 27.3 Å². The number of nitrogens with two attached hydrogens (primary N) is 1. The van der Waals surface area contributed by atoms with Crippen molar-refractivity contribution in [3.63, 3.8) is 0 Å². The molecule has 0 aromatic carbocycles. The van der Waals surface area contributed by atoms with Gasteiger partial charge in [0.05, 0.1) is 0 Å². The highest BCUT2D eigenvalue weighted by Gasteiger charge is 2.04. The molecular formula is C9H18IN5O. The molecule has 16 heavy (non-hydrogen) atoms. The molecule has 0 spiro atoms. The summed E-state index contributed by atoms with van der Waals surface area (Å²) in [5.41, 5.74) is 5.78. The Balaban J connectivity index is 0.00000225. The summed E-state index contributed by atoms with van der Waals surface area (Å²) in [6.45, 7) is 7.86. The molecule has 1 aromatic rings. The third kappa shape index (κ3) is 4.33. The first-order valence-corrected chi connectivity index (χ1v) is 5.01. The van der Waals surface area contributed by atoms with Crippen molar-refractivity contribution in [1.82, 2.24) is 15.0 Å². The quantitative estimate of drug-likeness (QED) is 0.506. The zero-order valence-corrected chi connectivity index (χ0v) is 12.1. The summed E-state index contributed by atoms with van der Waals surface area (Å²) in [4.78, 5) is 10.2. The van der Waals surface area contributed by atoms with Crippen molar-refractivity contribution >= 4 is 29.9 Å². The van der Waals surface area contributed by atoms with Crippen LogP contribution in [0.25, 0.3) is 0 Å². The summed E-state index contributed by atoms with van der Waals surface area (Å²) in [5.74, 6) is 1.62. The molecule has 0 saturated heterocycles. The van der Waals surface area contributed by atoms with Gasteiger partial charge in [-0.15, -0.1) is 24.0 Å². The van der Waals surface area contributed by atoms with Gasteiger partial charge in [0.2, 0.25) is 5.89 Å². The van der Waals surface area contributed by atoms with Crippen LogP contribution in [0.15, 0.2) is 9.52 Å². The van der Waals surface area contributed by atoms with E-state index in [4.69, 9.17) is 10.3 Å². The fourth-order valence-corrected chi connectivity index (χ4v) is 1.20. The van der Waals surface area contributed by atoms with Crippen molar-refractivity contribution in [1.29, 1.82) is 0 Å². The molecule has 0 aliphatic carbocycles. The average Bonchev–Trinajstić information content (AvgIpc) is 2.63. The highest BCUT2D eigenvalue weighted by atomic mass is 127. The molecule has 0 bridgehead atoms. The molecule has 1 heterocycles. The van der Waals surface area contributed by atoms with Crippen molar-refractivity contribution in [2.75, 3.05) is 13.1 Å². The minimum atomic E-state index is 0. The molecule has 0 unspecified atom stereocenters. The van der Waals surface area contributed by atoms with E-state index < -0.39 is 0 Å². The molecule has 0 aliphatic heterocycles. The van der Waals surface area contributed by atoms with Crippen LogP contribution in [0, 0.1) is 6.92 Å². The molecule has 0 fully saturated rings. The highest BCUT2D eigenvalue weighted by molar-refractivity contribution is 14.0. The maximum atomic E-state index is 5.78. The lowest BCUT2D eigenvalue weighted by molar-refractivity contribution is 0.387. The minimum Gasteiger partial charge on any atom is -0.370 e. The molecule has 0 saturated carbocycles. The predicted octanol–water partition coefficient (Wildman–Crippen LogP) is 1.15. The van der Waals surface area contributed by atoms with Crippen molar-refractivity contribution in [3.8, 4) is 0 Å². The molecule has 1 aromatic heterocycles. The first-order valence-electron chi connectivity index (χ1n) is 5.01. The second-order valence-corrected chi connectivity index (χ2v) is 3.08. The predicted molar refractivity (Wildman–Crippen MR) is 72.7 cm³/mol. The number of halogens is 1. The third-order valence-electron chi connectivity index (χ3n) is 2.04. The lowest BCUT2D eigenvalue weighted by atomic mass is 10.5. The van der Waals surface area contributed by atoms with Crippen molar-refractivity contribution in [2.24, 2.45) is 10.7 Å². The highest BCUT2D eigenvalue weighted by Crippen LogP contribution is 1.97. The molecule has 2 N–H and O–H groups in total. The maximum Gasteiger partial charge on any atom is 0.223 e. The molecule has 7 heteroatoms. The van der Waals surface area contributed by atoms with Crippen molar-refractivity contribution < 1.29 is 4.52 Å². The zero-order valence-electron chi connectivity index (χ0n) is 9.80. The van der Waals surface area contributed by atoms with Gasteiger partial charge in [-0.3, -0.25) is 0 Å². The number of aryl methyl sites for hydroxylation is 1. The molecular weight excluding hydrogens is 321 g/mol. The minimum absolute atomic E-state index is 0. The first kappa shape index (κ1) is 15.1. The van der Waals surface area contributed by atoms with Crippen LogP contribution in [0.2, 0.25) is 0 Å². The van der Waals surface area contributed by atoms with E-state index in [9.17, 15) is 0 Å². The normalized spacial score (nSPS) is 11.1. The van der Waals surface area contributed by atoms with Gasteiger partial charge in [0.25, 0.3) is 0 Å². The van der Waals surface area contributed by atoms with Crippen LogP contribution in [0.4, 0.5) is 0 Å². The number of aromatic nitrogens is 2. The van der Waals surface area contributed by atoms with Gasteiger partial charge in [0.1, 0.15) is 6.54 Å². The van der Waals surface area contributed by atoms with E-state index in [2.05, 4.69) is 15.1 Å². The van der Waals surface area contributed by atoms with E-state index >= 15 is 0 Å². The van der Waals surface area contributed by atoms with E-state index in [-0.39, 0.29) is 24.0 Å². The van der Waals surface area contributed by atoms with Crippen LogP contribution in [0.3, 0.4) is 0 Å². The topological polar surface area (TPSA) is 80.5 Å². The largest absolute Gasteiger partial charge is 0.370 e. The SMILES string of the molecule is CCN(CC)C(N)=NCc1noc(C)n1.I. The van der Waals surface area contributed by atoms with Gasteiger partial charge in [0, 0.05) is 20.0 Å². The smallest absolute Gasteiger partial charge is 0.223 e. The Labute approximate surface area is 112 Å². The van der Waals surface area contributed by atoms with Crippen LogP contribution >= 0.6 is 24.0 Å². The van der Waals surface area contributed by atoms with Crippen LogP contribution in [-0.2, 0) is 6.54 Å². The molecule has 6 nitrogen and oxygen atoms in total. The van der Waals surface area contributed by atoms with E-state index in [0.717, 1.165) is 13.1 Å². The van der Waals surface area contributed by atoms with Crippen LogP contribution in [0.1, 0.15) is 25.6 Å². The fourth-order valence-electron chi connectivity index (χ4n) is 1.20. The van der Waals surface area contributed by atoms with Gasteiger partial charge in [-0.1, -0.05) is 5.16 Å². The number of rotatable bonds is 4. The fraction of sp³-hybridized carbons (Fsp3) is 0.667. The third-order valence-corrected chi connectivity index (χ3v) is 2.04. The van der Waals surface area contributed by atoms with Gasteiger partial charge in [-0.05, 0) is 13.8 Å². The monoisotopic (exact) mass is 339 g/mol. The Bertz CT molecular complexity index is 334.